The maximum atomic E-state index is 12.0. The summed E-state index contributed by atoms with van der Waals surface area (Å²) < 4.78 is 19.2. The molecule has 0 unspecified atom stereocenters. The molecule has 146 valence electrons. The fourth-order valence-electron chi connectivity index (χ4n) is 4.26. The van der Waals surface area contributed by atoms with Gasteiger partial charge in [-0.2, -0.15) is 0 Å². The molecule has 1 rings (SSSR count). The first-order valence-electron chi connectivity index (χ1n) is 9.28. The summed E-state index contributed by atoms with van der Waals surface area (Å²) >= 11 is 2.30. The van der Waals surface area contributed by atoms with E-state index in [1.807, 2.05) is 0 Å². The standard InChI is InChI=1S/C19H35IO4Si/c1-12(2)25(13(3)4,14(5)6)24-18(9-15(7)20)17-10-16(22-8)11-19(21)23-17/h9,12-14,16-18H,10-11H2,1-8H3/b15-9+/t16-,17-,18-/m1/s1. The lowest BCUT2D eigenvalue weighted by molar-refractivity contribution is -0.167. The van der Waals surface area contributed by atoms with E-state index >= 15 is 0 Å². The van der Waals surface area contributed by atoms with Crippen LogP contribution in [0.1, 0.15) is 61.3 Å². The van der Waals surface area contributed by atoms with Gasteiger partial charge in [0.05, 0.1) is 12.5 Å². The van der Waals surface area contributed by atoms with Crippen LogP contribution in [0.2, 0.25) is 16.6 Å². The average molecular weight is 482 g/mol. The molecule has 3 atom stereocenters. The van der Waals surface area contributed by atoms with E-state index in [-0.39, 0.29) is 24.3 Å². The molecule has 0 aromatic carbocycles. The second-order valence-corrected chi connectivity index (χ2v) is 15.1. The first-order valence-corrected chi connectivity index (χ1v) is 12.5. The zero-order valence-electron chi connectivity index (χ0n) is 17.0. The number of halogens is 1. The summed E-state index contributed by atoms with van der Waals surface area (Å²) in [5, 5.41) is 0. The molecule has 0 saturated carbocycles. The van der Waals surface area contributed by atoms with E-state index in [9.17, 15) is 4.79 Å². The van der Waals surface area contributed by atoms with E-state index in [1.54, 1.807) is 7.11 Å². The van der Waals surface area contributed by atoms with Crippen molar-refractivity contribution in [3.05, 3.63) is 9.66 Å². The molecule has 0 amide bonds. The lowest BCUT2D eigenvalue weighted by Crippen LogP contribution is -2.53. The molecule has 4 nitrogen and oxygen atoms in total. The van der Waals surface area contributed by atoms with Crippen LogP contribution in [0.5, 0.6) is 0 Å². The van der Waals surface area contributed by atoms with Crippen LogP contribution in [-0.4, -0.2) is 39.7 Å². The van der Waals surface area contributed by atoms with Gasteiger partial charge < -0.3 is 13.9 Å². The van der Waals surface area contributed by atoms with Gasteiger partial charge in [0.15, 0.2) is 0 Å². The Morgan fingerprint density at radius 1 is 1.20 bits per heavy atom. The summed E-state index contributed by atoms with van der Waals surface area (Å²) in [6.07, 6.45) is 2.55. The molecule has 1 aliphatic heterocycles. The van der Waals surface area contributed by atoms with Crippen molar-refractivity contribution in [1.82, 2.24) is 0 Å². The number of carbonyl (C=O) groups is 1. The van der Waals surface area contributed by atoms with Gasteiger partial charge in [0.1, 0.15) is 12.2 Å². The number of ether oxygens (including phenoxy) is 2. The Bertz CT molecular complexity index is 450. The molecule has 1 aliphatic rings. The number of allylic oxidation sites excluding steroid dienone is 1. The van der Waals surface area contributed by atoms with Crippen LogP contribution in [0, 0.1) is 0 Å². The Morgan fingerprint density at radius 2 is 1.72 bits per heavy atom. The van der Waals surface area contributed by atoms with Gasteiger partial charge in [-0.15, -0.1) is 0 Å². The SMILES string of the molecule is CO[C@H]1CC(=O)O[C@@H]([C@@H](/C=C(\C)I)O[Si](C(C)C)(C(C)C)C(C)C)C1. The third-order valence-corrected chi connectivity index (χ3v) is 11.8. The van der Waals surface area contributed by atoms with E-state index in [4.69, 9.17) is 13.9 Å². The summed E-state index contributed by atoms with van der Waals surface area (Å²) in [6, 6.07) is 0. The van der Waals surface area contributed by atoms with Crippen LogP contribution in [0.25, 0.3) is 0 Å². The largest absolute Gasteiger partial charge is 0.459 e. The van der Waals surface area contributed by atoms with E-state index in [2.05, 4.69) is 77.1 Å². The van der Waals surface area contributed by atoms with Crippen molar-refractivity contribution in [2.24, 2.45) is 0 Å². The number of hydrogen-bond donors (Lipinski definition) is 0. The van der Waals surface area contributed by atoms with E-state index < -0.39 is 8.32 Å². The van der Waals surface area contributed by atoms with Gasteiger partial charge in [-0.05, 0) is 55.8 Å². The maximum Gasteiger partial charge on any atom is 0.308 e. The lowest BCUT2D eigenvalue weighted by Gasteiger charge is -2.46. The fourth-order valence-corrected chi connectivity index (χ4v) is 10.1. The Kier molecular flexibility index (Phi) is 9.11. The van der Waals surface area contributed by atoms with Crippen LogP contribution >= 0.6 is 22.6 Å². The number of rotatable bonds is 8. The molecule has 25 heavy (non-hydrogen) atoms. The van der Waals surface area contributed by atoms with Gasteiger partial charge in [0.2, 0.25) is 8.32 Å². The average Bonchev–Trinajstić information content (AvgIpc) is 2.49. The molecular weight excluding hydrogens is 447 g/mol. The van der Waals surface area contributed by atoms with Crippen molar-refractivity contribution in [2.75, 3.05) is 7.11 Å². The first-order chi connectivity index (χ1) is 11.5. The minimum Gasteiger partial charge on any atom is -0.459 e. The highest BCUT2D eigenvalue weighted by atomic mass is 127. The number of hydrogen-bond acceptors (Lipinski definition) is 4. The van der Waals surface area contributed by atoms with Gasteiger partial charge in [-0.1, -0.05) is 41.5 Å². The number of methoxy groups -OCH3 is 1. The molecule has 0 bridgehead atoms. The van der Waals surface area contributed by atoms with Gasteiger partial charge in [-0.3, -0.25) is 4.79 Å². The molecule has 1 fully saturated rings. The molecule has 1 heterocycles. The minimum atomic E-state index is -2.08. The predicted molar refractivity (Wildman–Crippen MR) is 114 cm³/mol. The topological polar surface area (TPSA) is 44.8 Å². The Labute approximate surface area is 168 Å². The summed E-state index contributed by atoms with van der Waals surface area (Å²) in [7, 11) is -0.418. The molecule has 0 radical (unpaired) electrons. The molecular formula is C19H35IO4Si. The van der Waals surface area contributed by atoms with E-state index in [0.717, 1.165) is 3.58 Å². The van der Waals surface area contributed by atoms with E-state index in [0.29, 0.717) is 29.5 Å². The van der Waals surface area contributed by atoms with Gasteiger partial charge >= 0.3 is 5.97 Å². The van der Waals surface area contributed by atoms with Crippen molar-refractivity contribution in [3.8, 4) is 0 Å². The van der Waals surface area contributed by atoms with E-state index in [1.165, 1.54) is 0 Å². The lowest BCUT2D eigenvalue weighted by atomic mass is 10.0. The highest BCUT2D eigenvalue weighted by molar-refractivity contribution is 14.1. The van der Waals surface area contributed by atoms with Crippen LogP contribution in [0.4, 0.5) is 0 Å². The van der Waals surface area contributed by atoms with Crippen LogP contribution in [0.3, 0.4) is 0 Å². The third kappa shape index (κ3) is 5.78. The van der Waals surface area contributed by atoms with Gasteiger partial charge in [0.25, 0.3) is 0 Å². The first kappa shape index (κ1) is 23.1. The Hall–Kier alpha value is 0.0769. The van der Waals surface area contributed by atoms with Crippen molar-refractivity contribution in [2.45, 2.75) is 96.2 Å². The Balaban J connectivity index is 3.21. The number of cyclic esters (lactones) is 1. The summed E-state index contributed by atoms with van der Waals surface area (Å²) in [5.74, 6) is -0.192. The van der Waals surface area contributed by atoms with Gasteiger partial charge in [0, 0.05) is 13.5 Å². The molecule has 0 aromatic rings. The smallest absolute Gasteiger partial charge is 0.308 e. The van der Waals surface area contributed by atoms with Gasteiger partial charge in [-0.25, -0.2) is 0 Å². The quantitative estimate of drug-likeness (QED) is 0.256. The zero-order valence-corrected chi connectivity index (χ0v) is 20.1. The third-order valence-electron chi connectivity index (χ3n) is 5.31. The van der Waals surface area contributed by atoms with Crippen LogP contribution < -0.4 is 0 Å². The second kappa shape index (κ2) is 9.85. The maximum absolute atomic E-state index is 12.0. The molecule has 0 spiro atoms. The Morgan fingerprint density at radius 3 is 2.12 bits per heavy atom. The molecule has 1 saturated heterocycles. The highest BCUT2D eigenvalue weighted by Gasteiger charge is 2.48. The minimum absolute atomic E-state index is 0.0894. The predicted octanol–water partition coefficient (Wildman–Crippen LogP) is 5.61. The zero-order chi connectivity index (χ0) is 19.4. The van der Waals surface area contributed by atoms with Crippen molar-refractivity contribution in [1.29, 1.82) is 0 Å². The monoisotopic (exact) mass is 482 g/mol. The molecule has 0 aliphatic carbocycles. The number of esters is 1. The van der Waals surface area contributed by atoms with Crippen molar-refractivity contribution in [3.63, 3.8) is 0 Å². The highest BCUT2D eigenvalue weighted by Crippen LogP contribution is 2.44. The normalized spacial score (nSPS) is 24.2. The van der Waals surface area contributed by atoms with Crippen LogP contribution in [-0.2, 0) is 18.7 Å². The second-order valence-electron chi connectivity index (χ2n) is 7.98. The number of carbonyl (C=O) groups excluding carboxylic acids is 1. The van der Waals surface area contributed by atoms with Crippen molar-refractivity contribution >= 4 is 36.9 Å². The summed E-state index contributed by atoms with van der Waals surface area (Å²) in [5.41, 5.74) is 1.45. The molecule has 0 N–H and O–H groups in total. The molecule has 6 heteroatoms. The molecule has 0 aromatic heterocycles. The van der Waals surface area contributed by atoms with Crippen molar-refractivity contribution < 1.29 is 18.7 Å². The van der Waals surface area contributed by atoms with Crippen LogP contribution in [0.15, 0.2) is 9.66 Å². The summed E-state index contributed by atoms with van der Waals surface area (Å²) in [6.45, 7) is 15.7. The summed E-state index contributed by atoms with van der Waals surface area (Å²) in [4.78, 5) is 12.0. The fraction of sp³-hybridized carbons (Fsp3) is 0.842.